The lowest BCUT2D eigenvalue weighted by atomic mass is 10.1. The van der Waals surface area contributed by atoms with Gasteiger partial charge in [0, 0.05) is 66.5 Å². The molecule has 0 unspecified atom stereocenters. The van der Waals surface area contributed by atoms with Crippen molar-refractivity contribution in [2.75, 3.05) is 31.9 Å². The predicted molar refractivity (Wildman–Crippen MR) is 320 cm³/mol. The topological polar surface area (TPSA) is 558 Å². The number of hydrogen-bond acceptors (Lipinski definition) is 19. The Balaban J connectivity index is 1.01. The third kappa shape index (κ3) is 15.0. The van der Waals surface area contributed by atoms with Gasteiger partial charge in [-0.3, -0.25) is 46.5 Å². The zero-order valence-electron chi connectivity index (χ0n) is 45.8. The van der Waals surface area contributed by atoms with Gasteiger partial charge in [-0.15, -0.1) is 0 Å². The molecular weight excluding hydrogens is 1340 g/mol. The Morgan fingerprint density at radius 2 is 0.620 bits per heavy atom. The van der Waals surface area contributed by atoms with E-state index in [1.807, 2.05) is 0 Å². The summed E-state index contributed by atoms with van der Waals surface area (Å²) in [5, 5.41) is 30.4. The van der Waals surface area contributed by atoms with Crippen LogP contribution >= 0.6 is 0 Å². The summed E-state index contributed by atoms with van der Waals surface area (Å²) < 4.78 is 207. The molecule has 8 aromatic carbocycles. The fourth-order valence-electron chi connectivity index (χ4n) is 8.93. The summed E-state index contributed by atoms with van der Waals surface area (Å²) in [6.45, 7) is 3.04. The van der Waals surface area contributed by atoms with Gasteiger partial charge in [-0.2, -0.15) is 50.5 Å². The first-order valence-electron chi connectivity index (χ1n) is 24.8. The molecule has 0 saturated carbocycles. The van der Waals surface area contributed by atoms with Crippen LogP contribution in [0.15, 0.2) is 151 Å². The monoisotopic (exact) mass is 1380 g/mol. The average molecular weight is 1390 g/mol. The molecule has 8 aromatic rings. The summed E-state index contributed by atoms with van der Waals surface area (Å²) in [7, 11) is -32.5. The molecule has 14 N–H and O–H groups in total. The Labute approximate surface area is 517 Å². The minimum atomic E-state index is -5.56. The van der Waals surface area contributed by atoms with Crippen LogP contribution < -0.4 is 31.9 Å². The molecule has 0 fully saturated rings. The molecule has 0 saturated heterocycles. The number of urea groups is 1. The van der Waals surface area contributed by atoms with E-state index in [0.717, 1.165) is 48.5 Å². The highest BCUT2D eigenvalue weighted by atomic mass is 32.2. The lowest BCUT2D eigenvalue weighted by Gasteiger charge is -2.16. The number of anilines is 6. The second kappa shape index (κ2) is 24.6. The number of nitrogens with one attached hydrogen (secondary N) is 6. The van der Waals surface area contributed by atoms with E-state index in [-0.39, 0.29) is 46.0 Å². The molecule has 0 aromatic heterocycles. The Hall–Kier alpha value is -10.2. The highest BCUT2D eigenvalue weighted by molar-refractivity contribution is 7.88. The number of carboxylic acid groups (broad SMARTS) is 2. The first-order valence-corrected chi connectivity index (χ1v) is 33.4. The molecule has 33 nitrogen and oxygen atoms in total. The van der Waals surface area contributed by atoms with Gasteiger partial charge in [0.05, 0.1) is 32.3 Å². The highest BCUT2D eigenvalue weighted by Gasteiger charge is 2.30. The number of rotatable bonds is 18. The van der Waals surface area contributed by atoms with E-state index in [1.165, 1.54) is 50.2 Å². The number of aromatic carboxylic acids is 2. The lowest BCUT2D eigenvalue weighted by Crippen LogP contribution is -2.22. The van der Waals surface area contributed by atoms with E-state index in [2.05, 4.69) is 31.9 Å². The summed E-state index contributed by atoms with van der Waals surface area (Å²) in [4.78, 5) is 85.6. The van der Waals surface area contributed by atoms with Crippen LogP contribution in [0, 0.1) is 13.8 Å². The van der Waals surface area contributed by atoms with Crippen molar-refractivity contribution in [2.45, 2.75) is 43.2 Å². The summed E-state index contributed by atoms with van der Waals surface area (Å²) in [6, 6.07) is 15.9. The van der Waals surface area contributed by atoms with Crippen LogP contribution in [0.5, 0.6) is 0 Å². The van der Waals surface area contributed by atoms with Crippen molar-refractivity contribution in [1.29, 1.82) is 0 Å². The van der Waals surface area contributed by atoms with Crippen molar-refractivity contribution in [3.63, 3.8) is 0 Å². The maximum Gasteiger partial charge on any atom is 0.335 e. The van der Waals surface area contributed by atoms with E-state index in [4.69, 9.17) is 0 Å². The standard InChI is InChI=1S/C53H40N6O27S6/c1-23-3-5-25(47(60)54-31-13-27(11-29(15-31)51(64)65)49(62)56-37-7-9-41(89(75,76)77)35-19-33(87(69,70)71)21-43(45(35)37)91(81,82)83)17-39(23)58-53(68)59-40-18-26(6-4-24(40)2)48(61)55-32-14-28(12-30(16-32)52(66)67)50(63)57-38-8-10-42(90(78,79)80)36-20-34(88(72,73)74)22-44(46(36)38)92(84,85)86/h3-22H,1-2H3,(H,54,60)(H,55,61)(H,56,62)(H,57,63)(H,64,65)(H,66,67)(H2,58,59,68)(H,69,70,71)(H,72,73,74)(H,75,76,77)(H,78,79,80)(H,81,82,83)(H,84,85,86). The van der Waals surface area contributed by atoms with Gasteiger partial charge in [0.1, 0.15) is 19.6 Å². The third-order valence-electron chi connectivity index (χ3n) is 13.1. The molecule has 92 heavy (non-hydrogen) atoms. The van der Waals surface area contributed by atoms with Crippen LogP contribution in [0.4, 0.5) is 38.9 Å². The van der Waals surface area contributed by atoms with Gasteiger partial charge in [0.15, 0.2) is 0 Å². The van der Waals surface area contributed by atoms with Crippen molar-refractivity contribution in [2.24, 2.45) is 0 Å². The van der Waals surface area contributed by atoms with Gasteiger partial charge in [-0.1, -0.05) is 12.1 Å². The zero-order chi connectivity index (χ0) is 68.3. The molecule has 480 valence electrons. The minimum absolute atomic E-state index is 0.00659. The van der Waals surface area contributed by atoms with Crippen LogP contribution in [0.2, 0.25) is 0 Å². The number of carboxylic acids is 2. The minimum Gasteiger partial charge on any atom is -0.478 e. The van der Waals surface area contributed by atoms with Crippen molar-refractivity contribution in [1.82, 2.24) is 0 Å². The van der Waals surface area contributed by atoms with Crippen molar-refractivity contribution in [3.8, 4) is 0 Å². The molecule has 0 heterocycles. The zero-order valence-corrected chi connectivity index (χ0v) is 50.7. The summed E-state index contributed by atoms with van der Waals surface area (Å²) in [5.74, 6) is -7.85. The third-order valence-corrected chi connectivity index (χ3v) is 18.4. The molecule has 0 aliphatic carbocycles. The van der Waals surface area contributed by atoms with Crippen molar-refractivity contribution < 1.29 is 122 Å². The van der Waals surface area contributed by atoms with Gasteiger partial charge >= 0.3 is 18.0 Å². The number of fused-ring (bicyclic) bond motifs is 2. The molecule has 39 heteroatoms. The highest BCUT2D eigenvalue weighted by Crippen LogP contribution is 2.39. The largest absolute Gasteiger partial charge is 0.478 e. The van der Waals surface area contributed by atoms with E-state index in [0.29, 0.717) is 35.4 Å². The van der Waals surface area contributed by atoms with E-state index in [9.17, 15) is 122 Å². The van der Waals surface area contributed by atoms with Crippen LogP contribution in [-0.2, 0) is 60.7 Å². The van der Waals surface area contributed by atoms with E-state index in [1.54, 1.807) is 0 Å². The van der Waals surface area contributed by atoms with Crippen LogP contribution in [-0.4, -0.2) is 130 Å². The molecule has 0 aliphatic heterocycles. The van der Waals surface area contributed by atoms with Crippen LogP contribution in [0.25, 0.3) is 21.5 Å². The number of benzene rings is 8. The normalized spacial score (nSPS) is 12.2. The van der Waals surface area contributed by atoms with Crippen molar-refractivity contribution >= 4 is 158 Å². The summed E-state index contributed by atoms with van der Waals surface area (Å²) >= 11 is 0. The van der Waals surface area contributed by atoms with Gasteiger partial charge in [0.25, 0.3) is 84.3 Å². The molecule has 0 radical (unpaired) electrons. The Morgan fingerprint density at radius 1 is 0.304 bits per heavy atom. The fourth-order valence-corrected chi connectivity index (χ4v) is 13.0. The molecule has 0 spiro atoms. The second-order valence-corrected chi connectivity index (χ2v) is 27.8. The first kappa shape index (κ1) is 67.8. The van der Waals surface area contributed by atoms with Gasteiger partial charge in [-0.05, 0) is 134 Å². The van der Waals surface area contributed by atoms with Crippen LogP contribution in [0.1, 0.15) is 73.3 Å². The van der Waals surface area contributed by atoms with Crippen LogP contribution in [0.3, 0.4) is 0 Å². The number of aryl methyl sites for hydroxylation is 2. The molecule has 0 atom stereocenters. The summed E-state index contributed by atoms with van der Waals surface area (Å²) in [5.41, 5.74) is -4.20. The smallest absolute Gasteiger partial charge is 0.335 e. The SMILES string of the molecule is Cc1ccc(C(=O)Nc2cc(C(=O)O)cc(C(=O)Nc3ccc(S(=O)(=O)O)c4cc(S(=O)(=O)O)cc(S(=O)(=O)O)c34)c2)cc1NC(=O)Nc1cc(C(=O)Nc2cc(C(=O)O)cc(C(=O)Nc3ccc(S(=O)(=O)O)c4cc(S(=O)(=O)O)cc(S(=O)(=O)O)c34)c2)ccc1C. The summed E-state index contributed by atoms with van der Waals surface area (Å²) in [6.07, 6.45) is 0. The van der Waals surface area contributed by atoms with Gasteiger partial charge in [-0.25, -0.2) is 14.4 Å². The molecule has 8 rings (SSSR count). The molecular formula is C53H40N6O27S6. The average Bonchev–Trinajstić information content (AvgIpc) is 0.748. The van der Waals surface area contributed by atoms with Crippen molar-refractivity contribution in [3.05, 3.63) is 166 Å². The Bertz CT molecular complexity index is 5040. The predicted octanol–water partition coefficient (Wildman–Crippen LogP) is 6.14. The maximum absolute atomic E-state index is 13.8. The number of hydrogen-bond donors (Lipinski definition) is 14. The van der Waals surface area contributed by atoms with Gasteiger partial charge < -0.3 is 42.1 Å². The number of amides is 6. The Morgan fingerprint density at radius 3 is 0.924 bits per heavy atom. The number of carbonyl (C=O) groups is 7. The maximum atomic E-state index is 13.8. The first-order chi connectivity index (χ1) is 42.4. The fraction of sp³-hybridized carbons (Fsp3) is 0.0377. The molecule has 6 amide bonds. The van der Waals surface area contributed by atoms with E-state index < -0.39 is 187 Å². The molecule has 0 aliphatic rings. The quantitative estimate of drug-likeness (QED) is 0.0429. The van der Waals surface area contributed by atoms with Gasteiger partial charge in [0.2, 0.25) is 0 Å². The number of carbonyl (C=O) groups excluding carboxylic acids is 5. The Kier molecular flexibility index (Phi) is 18.1. The molecule has 0 bridgehead atoms. The lowest BCUT2D eigenvalue weighted by molar-refractivity contribution is 0.0686. The second-order valence-electron chi connectivity index (χ2n) is 19.4. The van der Waals surface area contributed by atoms with E-state index >= 15 is 0 Å².